The van der Waals surface area contributed by atoms with Gasteiger partial charge in [0.25, 0.3) is 5.91 Å². The number of anilines is 1. The third kappa shape index (κ3) is 1.16. The first-order chi connectivity index (χ1) is 6.20. The Hall–Kier alpha value is -1.51. The van der Waals surface area contributed by atoms with Gasteiger partial charge in [0.1, 0.15) is 0 Å². The number of hydrogen-bond donors (Lipinski definition) is 2. The molecule has 3 nitrogen and oxygen atoms in total. The maximum Gasteiger partial charge on any atom is 0.253 e. The molecule has 1 aliphatic rings. The standard InChI is InChI=1S/C10H12N2O/c1-6-2-3-7-4-5-12-10(13)8(7)9(6)11/h2-3H,4-5,11H2,1H3,(H,12,13). The summed E-state index contributed by atoms with van der Waals surface area (Å²) in [4.78, 5) is 11.5. The molecule has 3 heteroatoms. The van der Waals surface area contributed by atoms with E-state index in [2.05, 4.69) is 5.32 Å². The molecule has 0 spiro atoms. The van der Waals surface area contributed by atoms with Crippen molar-refractivity contribution in [1.82, 2.24) is 5.32 Å². The second kappa shape index (κ2) is 2.76. The summed E-state index contributed by atoms with van der Waals surface area (Å²) >= 11 is 0. The SMILES string of the molecule is Cc1ccc2c(c1N)C(=O)NCC2. The van der Waals surface area contributed by atoms with Gasteiger partial charge in [0, 0.05) is 12.2 Å². The topological polar surface area (TPSA) is 55.1 Å². The van der Waals surface area contributed by atoms with Gasteiger partial charge in [-0.3, -0.25) is 4.79 Å². The highest BCUT2D eigenvalue weighted by atomic mass is 16.1. The van der Waals surface area contributed by atoms with E-state index in [-0.39, 0.29) is 5.91 Å². The van der Waals surface area contributed by atoms with Crippen LogP contribution in [0.3, 0.4) is 0 Å². The van der Waals surface area contributed by atoms with Gasteiger partial charge < -0.3 is 11.1 Å². The van der Waals surface area contributed by atoms with Crippen molar-refractivity contribution >= 4 is 11.6 Å². The van der Waals surface area contributed by atoms with Crippen molar-refractivity contribution in [3.8, 4) is 0 Å². The molecule has 68 valence electrons. The van der Waals surface area contributed by atoms with E-state index in [9.17, 15) is 4.79 Å². The summed E-state index contributed by atoms with van der Waals surface area (Å²) in [6, 6.07) is 3.95. The van der Waals surface area contributed by atoms with Crippen LogP contribution in [0.1, 0.15) is 21.5 Å². The number of carbonyl (C=O) groups excluding carboxylic acids is 1. The number of nitrogens with two attached hydrogens (primary N) is 1. The van der Waals surface area contributed by atoms with Crippen LogP contribution >= 0.6 is 0 Å². The Labute approximate surface area is 76.9 Å². The van der Waals surface area contributed by atoms with E-state index >= 15 is 0 Å². The van der Waals surface area contributed by atoms with Crippen molar-refractivity contribution in [3.63, 3.8) is 0 Å². The number of hydrogen-bond acceptors (Lipinski definition) is 2. The molecule has 0 bridgehead atoms. The van der Waals surface area contributed by atoms with Crippen molar-refractivity contribution in [2.24, 2.45) is 0 Å². The number of carbonyl (C=O) groups is 1. The lowest BCUT2D eigenvalue weighted by atomic mass is 9.96. The maximum absolute atomic E-state index is 11.5. The Balaban J connectivity index is 2.65. The molecule has 1 amide bonds. The highest BCUT2D eigenvalue weighted by Gasteiger charge is 2.19. The molecule has 13 heavy (non-hydrogen) atoms. The molecule has 0 aliphatic carbocycles. The summed E-state index contributed by atoms with van der Waals surface area (Å²) in [6.45, 7) is 2.63. The van der Waals surface area contributed by atoms with Gasteiger partial charge in [0.2, 0.25) is 0 Å². The van der Waals surface area contributed by atoms with Gasteiger partial charge >= 0.3 is 0 Å². The molecule has 1 aromatic rings. The molecular formula is C10H12N2O. The van der Waals surface area contributed by atoms with Crippen molar-refractivity contribution in [2.45, 2.75) is 13.3 Å². The van der Waals surface area contributed by atoms with Crippen molar-refractivity contribution in [1.29, 1.82) is 0 Å². The highest BCUT2D eigenvalue weighted by Crippen LogP contribution is 2.23. The van der Waals surface area contributed by atoms with E-state index in [1.165, 1.54) is 0 Å². The van der Waals surface area contributed by atoms with Gasteiger partial charge in [-0.2, -0.15) is 0 Å². The first kappa shape index (κ1) is 8.10. The van der Waals surface area contributed by atoms with Crippen LogP contribution in [-0.4, -0.2) is 12.5 Å². The minimum Gasteiger partial charge on any atom is -0.398 e. The predicted octanol–water partition coefficient (Wildman–Crippen LogP) is 0.863. The smallest absolute Gasteiger partial charge is 0.253 e. The van der Waals surface area contributed by atoms with Crippen LogP contribution in [0.2, 0.25) is 0 Å². The summed E-state index contributed by atoms with van der Waals surface area (Å²) in [7, 11) is 0. The average molecular weight is 176 g/mol. The molecule has 1 aromatic carbocycles. The molecule has 0 atom stereocenters. The minimum absolute atomic E-state index is 0.0394. The molecule has 0 saturated carbocycles. The van der Waals surface area contributed by atoms with E-state index < -0.39 is 0 Å². The van der Waals surface area contributed by atoms with Gasteiger partial charge in [-0.05, 0) is 24.5 Å². The number of fused-ring (bicyclic) bond motifs is 1. The monoisotopic (exact) mass is 176 g/mol. The minimum atomic E-state index is -0.0394. The largest absolute Gasteiger partial charge is 0.398 e. The predicted molar refractivity (Wildman–Crippen MR) is 51.6 cm³/mol. The van der Waals surface area contributed by atoms with Crippen LogP contribution in [0, 0.1) is 6.92 Å². The van der Waals surface area contributed by atoms with Gasteiger partial charge in [-0.25, -0.2) is 0 Å². The normalized spacial score (nSPS) is 15.0. The molecule has 0 saturated heterocycles. The lowest BCUT2D eigenvalue weighted by Crippen LogP contribution is -2.32. The zero-order valence-electron chi connectivity index (χ0n) is 7.55. The van der Waals surface area contributed by atoms with Gasteiger partial charge in [-0.15, -0.1) is 0 Å². The van der Waals surface area contributed by atoms with Crippen LogP contribution in [0.25, 0.3) is 0 Å². The fourth-order valence-corrected chi connectivity index (χ4v) is 1.64. The Bertz CT molecular complexity index is 371. The first-order valence-electron chi connectivity index (χ1n) is 4.36. The lowest BCUT2D eigenvalue weighted by molar-refractivity contribution is 0.0947. The number of rotatable bonds is 0. The number of amides is 1. The number of nitrogens with one attached hydrogen (secondary N) is 1. The molecule has 1 aliphatic heterocycles. The fourth-order valence-electron chi connectivity index (χ4n) is 1.64. The summed E-state index contributed by atoms with van der Waals surface area (Å²) in [5, 5.41) is 2.79. The third-order valence-electron chi connectivity index (χ3n) is 2.46. The van der Waals surface area contributed by atoms with Gasteiger partial charge in [0.15, 0.2) is 0 Å². The molecule has 0 aromatic heterocycles. The zero-order chi connectivity index (χ0) is 9.42. The average Bonchev–Trinajstić information content (AvgIpc) is 2.12. The Kier molecular flexibility index (Phi) is 1.72. The third-order valence-corrected chi connectivity index (χ3v) is 2.46. The van der Waals surface area contributed by atoms with E-state index in [4.69, 9.17) is 5.73 Å². The number of nitrogen functional groups attached to an aromatic ring is 1. The summed E-state index contributed by atoms with van der Waals surface area (Å²) in [5.74, 6) is -0.0394. The van der Waals surface area contributed by atoms with Crippen LogP contribution < -0.4 is 11.1 Å². The Morgan fingerprint density at radius 3 is 3.00 bits per heavy atom. The molecule has 0 unspecified atom stereocenters. The van der Waals surface area contributed by atoms with Crippen molar-refractivity contribution in [2.75, 3.05) is 12.3 Å². The number of aryl methyl sites for hydroxylation is 1. The van der Waals surface area contributed by atoms with Crippen LogP contribution in [0.15, 0.2) is 12.1 Å². The number of benzene rings is 1. The summed E-state index contributed by atoms with van der Waals surface area (Å²) in [6.07, 6.45) is 0.881. The van der Waals surface area contributed by atoms with E-state index in [1.54, 1.807) is 0 Å². The summed E-state index contributed by atoms with van der Waals surface area (Å²) < 4.78 is 0. The van der Waals surface area contributed by atoms with Crippen molar-refractivity contribution < 1.29 is 4.79 Å². The fraction of sp³-hybridized carbons (Fsp3) is 0.300. The first-order valence-corrected chi connectivity index (χ1v) is 4.36. The van der Waals surface area contributed by atoms with Crippen LogP contribution in [0.5, 0.6) is 0 Å². The lowest BCUT2D eigenvalue weighted by Gasteiger charge is -2.18. The second-order valence-corrected chi connectivity index (χ2v) is 3.34. The maximum atomic E-state index is 11.5. The van der Waals surface area contributed by atoms with E-state index in [1.807, 2.05) is 19.1 Å². The van der Waals surface area contributed by atoms with Gasteiger partial charge in [0.05, 0.1) is 5.56 Å². The molecule has 2 rings (SSSR count). The molecule has 0 fully saturated rings. The van der Waals surface area contributed by atoms with Crippen molar-refractivity contribution in [3.05, 3.63) is 28.8 Å². The van der Waals surface area contributed by atoms with Crippen LogP contribution in [-0.2, 0) is 6.42 Å². The molecule has 0 radical (unpaired) electrons. The second-order valence-electron chi connectivity index (χ2n) is 3.34. The Morgan fingerprint density at radius 2 is 2.23 bits per heavy atom. The van der Waals surface area contributed by atoms with Gasteiger partial charge in [-0.1, -0.05) is 12.1 Å². The van der Waals surface area contributed by atoms with E-state index in [0.29, 0.717) is 17.8 Å². The van der Waals surface area contributed by atoms with Crippen LogP contribution in [0.4, 0.5) is 5.69 Å². The quantitative estimate of drug-likeness (QED) is 0.576. The zero-order valence-corrected chi connectivity index (χ0v) is 7.55. The molecular weight excluding hydrogens is 164 g/mol. The molecule has 3 N–H and O–H groups in total. The molecule has 1 heterocycles. The Morgan fingerprint density at radius 1 is 1.46 bits per heavy atom. The summed E-state index contributed by atoms with van der Waals surface area (Å²) in [5.41, 5.74) is 9.16. The highest BCUT2D eigenvalue weighted by molar-refractivity contribution is 6.02. The van der Waals surface area contributed by atoms with E-state index in [0.717, 1.165) is 17.5 Å².